The van der Waals surface area contributed by atoms with Crippen LogP contribution < -0.4 is 0 Å². The summed E-state index contributed by atoms with van der Waals surface area (Å²) in [5, 5.41) is 17.7. The number of tetrazole rings is 1. The molecule has 0 aliphatic carbocycles. The zero-order valence-corrected chi connectivity index (χ0v) is 40.9. The summed E-state index contributed by atoms with van der Waals surface area (Å²) < 4.78 is 6.62. The maximum atomic E-state index is 4.85. The van der Waals surface area contributed by atoms with Crippen LogP contribution >= 0.6 is 0 Å². The third-order valence-corrected chi connectivity index (χ3v) is 14.0. The normalized spacial score (nSPS) is 13.1. The fourth-order valence-corrected chi connectivity index (χ4v) is 9.95. The molecule has 0 N–H and O–H groups in total. The molecular formula is C60H59N7. The number of aromatic nitrogens is 7. The van der Waals surface area contributed by atoms with Crippen LogP contribution in [0.2, 0.25) is 0 Å². The topological polar surface area (TPSA) is 65.8 Å². The highest BCUT2D eigenvalue weighted by molar-refractivity contribution is 6.11. The Morgan fingerprint density at radius 1 is 0.373 bits per heavy atom. The molecular weight excluding hydrogens is 819 g/mol. The predicted molar refractivity (Wildman–Crippen MR) is 280 cm³/mol. The van der Waals surface area contributed by atoms with E-state index < -0.39 is 0 Å². The van der Waals surface area contributed by atoms with Gasteiger partial charge in [0.05, 0.1) is 39.3 Å². The van der Waals surface area contributed by atoms with Crippen LogP contribution in [0.15, 0.2) is 140 Å². The van der Waals surface area contributed by atoms with Crippen LogP contribution in [-0.4, -0.2) is 34.2 Å². The van der Waals surface area contributed by atoms with Crippen LogP contribution in [0.5, 0.6) is 0 Å². The average molecular weight is 878 g/mol. The Balaban J connectivity index is 1.06. The number of hydrogen-bond acceptors (Lipinski definition) is 4. The molecule has 7 aromatic carbocycles. The van der Waals surface area contributed by atoms with Gasteiger partial charge in [0, 0.05) is 32.9 Å². The Hall–Kier alpha value is -7.12. The molecule has 4 aromatic heterocycles. The molecule has 67 heavy (non-hydrogen) atoms. The lowest BCUT2D eigenvalue weighted by Gasteiger charge is -2.19. The monoisotopic (exact) mass is 877 g/mol. The highest BCUT2D eigenvalue weighted by Gasteiger charge is 2.24. The molecule has 0 fully saturated rings. The molecule has 0 unspecified atom stereocenters. The number of hydrogen-bond donors (Lipinski definition) is 0. The second-order valence-electron chi connectivity index (χ2n) is 22.8. The van der Waals surface area contributed by atoms with Gasteiger partial charge >= 0.3 is 0 Å². The van der Waals surface area contributed by atoms with Crippen molar-refractivity contribution in [2.75, 3.05) is 0 Å². The molecule has 0 bridgehead atoms. The highest BCUT2D eigenvalue weighted by atomic mass is 15.5. The van der Waals surface area contributed by atoms with Gasteiger partial charge in [-0.05, 0) is 162 Å². The Morgan fingerprint density at radius 2 is 0.731 bits per heavy atom. The van der Waals surface area contributed by atoms with Gasteiger partial charge in [0.15, 0.2) is 5.65 Å². The summed E-state index contributed by atoms with van der Waals surface area (Å²) in [6.07, 6.45) is 1.74. The molecule has 11 aromatic rings. The van der Waals surface area contributed by atoms with Crippen molar-refractivity contribution < 1.29 is 0 Å². The van der Waals surface area contributed by atoms with Gasteiger partial charge in [0.2, 0.25) is 0 Å². The van der Waals surface area contributed by atoms with Crippen molar-refractivity contribution in [1.29, 1.82) is 0 Å². The van der Waals surface area contributed by atoms with E-state index in [2.05, 4.69) is 241 Å². The second kappa shape index (κ2) is 14.7. The highest BCUT2D eigenvalue weighted by Crippen LogP contribution is 2.42. The fraction of sp³-hybridized carbons (Fsp3) is 0.267. The molecule has 0 radical (unpaired) electrons. The minimum absolute atomic E-state index is 0.0329. The van der Waals surface area contributed by atoms with Gasteiger partial charge < -0.3 is 9.13 Å². The molecule has 4 heterocycles. The number of fused-ring (bicyclic) bond motifs is 9. The largest absolute Gasteiger partial charge is 0.309 e. The summed E-state index contributed by atoms with van der Waals surface area (Å²) in [5.41, 5.74) is 19.1. The predicted octanol–water partition coefficient (Wildman–Crippen LogP) is 15.4. The molecule has 0 aliphatic heterocycles. The molecule has 0 atom stereocenters. The van der Waals surface area contributed by atoms with Crippen LogP contribution in [0.1, 0.15) is 105 Å². The van der Waals surface area contributed by atoms with Gasteiger partial charge in [-0.3, -0.25) is 4.98 Å². The smallest absolute Gasteiger partial charge is 0.198 e. The first-order valence-electron chi connectivity index (χ1n) is 23.6. The summed E-state index contributed by atoms with van der Waals surface area (Å²) in [4.78, 5) is 4.85. The lowest BCUT2D eigenvalue weighted by Crippen LogP contribution is -2.10. The first-order chi connectivity index (χ1) is 31.7. The third kappa shape index (κ3) is 7.09. The van der Waals surface area contributed by atoms with E-state index in [4.69, 9.17) is 4.98 Å². The number of rotatable bonds is 4. The van der Waals surface area contributed by atoms with Crippen molar-refractivity contribution in [3.8, 4) is 33.6 Å². The molecule has 0 amide bonds. The Labute approximate surface area is 393 Å². The lowest BCUT2D eigenvalue weighted by atomic mass is 9.85. The molecule has 0 saturated heterocycles. The molecule has 7 nitrogen and oxygen atoms in total. The van der Waals surface area contributed by atoms with E-state index in [0.717, 1.165) is 44.7 Å². The van der Waals surface area contributed by atoms with Gasteiger partial charge in [0.25, 0.3) is 0 Å². The zero-order chi connectivity index (χ0) is 46.9. The van der Waals surface area contributed by atoms with Crippen LogP contribution in [0.4, 0.5) is 0 Å². The molecule has 0 spiro atoms. The Morgan fingerprint density at radius 3 is 1.09 bits per heavy atom. The van der Waals surface area contributed by atoms with Crippen molar-refractivity contribution >= 4 is 60.3 Å². The molecule has 334 valence electrons. The van der Waals surface area contributed by atoms with Crippen molar-refractivity contribution in [3.63, 3.8) is 0 Å². The molecule has 0 saturated carbocycles. The Kier molecular flexibility index (Phi) is 9.32. The van der Waals surface area contributed by atoms with E-state index in [1.54, 1.807) is 10.7 Å². The maximum absolute atomic E-state index is 4.85. The van der Waals surface area contributed by atoms with E-state index >= 15 is 0 Å². The molecule has 11 rings (SSSR count). The molecule has 0 aliphatic rings. The molecule has 7 heteroatoms. The minimum atomic E-state index is 0.0329. The van der Waals surface area contributed by atoms with E-state index in [-0.39, 0.29) is 21.7 Å². The fourth-order valence-electron chi connectivity index (χ4n) is 9.95. The van der Waals surface area contributed by atoms with E-state index in [1.807, 2.05) is 0 Å². The lowest BCUT2D eigenvalue weighted by molar-refractivity contribution is 0.590. The van der Waals surface area contributed by atoms with E-state index in [1.165, 1.54) is 65.9 Å². The van der Waals surface area contributed by atoms with Crippen molar-refractivity contribution in [2.45, 2.75) is 105 Å². The average Bonchev–Trinajstić information content (AvgIpc) is 4.00. The quantitative estimate of drug-likeness (QED) is 0.177. The van der Waals surface area contributed by atoms with Gasteiger partial charge in [-0.2, -0.15) is 4.52 Å². The summed E-state index contributed by atoms with van der Waals surface area (Å²) in [6, 6.07) is 50.5. The van der Waals surface area contributed by atoms with Crippen LogP contribution in [0.25, 0.3) is 93.9 Å². The van der Waals surface area contributed by atoms with Crippen LogP contribution in [0, 0.1) is 0 Å². The van der Waals surface area contributed by atoms with Crippen molar-refractivity contribution in [3.05, 3.63) is 162 Å². The first kappa shape index (κ1) is 42.5. The van der Waals surface area contributed by atoms with Crippen molar-refractivity contribution in [1.82, 2.24) is 34.2 Å². The van der Waals surface area contributed by atoms with E-state index in [9.17, 15) is 0 Å². The van der Waals surface area contributed by atoms with E-state index in [0.29, 0.717) is 5.65 Å². The zero-order valence-electron chi connectivity index (χ0n) is 40.9. The summed E-state index contributed by atoms with van der Waals surface area (Å²) in [7, 11) is 0. The van der Waals surface area contributed by atoms with Gasteiger partial charge in [-0.15, -0.1) is 5.10 Å². The van der Waals surface area contributed by atoms with Crippen LogP contribution in [0.3, 0.4) is 0 Å². The Bertz CT molecular complexity index is 3610. The first-order valence-corrected chi connectivity index (χ1v) is 23.6. The summed E-state index contributed by atoms with van der Waals surface area (Å²) in [5.74, 6) is 0. The van der Waals surface area contributed by atoms with Gasteiger partial charge in [-0.1, -0.05) is 132 Å². The standard InChI is InChI=1S/C60H59N7/c1-57(2,3)38-17-25-51-46(29-38)47-30-39(58(4,5)6)18-26-52(47)65(51)42-21-13-36(14-22-42)44-33-50-55(67-56(35-61-50)62-63-64-67)34-45(44)37-15-23-43(24-16-37)66-53-27-19-40(59(7,8)9)31-48(53)49-32-41(60(10,11)12)20-28-54(49)66/h13-35H,1-12H3. The summed E-state index contributed by atoms with van der Waals surface area (Å²) >= 11 is 0. The second-order valence-corrected chi connectivity index (χ2v) is 22.8. The van der Waals surface area contributed by atoms with Gasteiger partial charge in [0.1, 0.15) is 0 Å². The van der Waals surface area contributed by atoms with Crippen LogP contribution in [-0.2, 0) is 21.7 Å². The number of benzene rings is 7. The summed E-state index contributed by atoms with van der Waals surface area (Å²) in [6.45, 7) is 27.5. The third-order valence-electron chi connectivity index (χ3n) is 14.0. The van der Waals surface area contributed by atoms with Crippen molar-refractivity contribution in [2.24, 2.45) is 0 Å². The number of nitrogens with zero attached hydrogens (tertiary/aromatic N) is 7. The maximum Gasteiger partial charge on any atom is 0.198 e. The van der Waals surface area contributed by atoms with Gasteiger partial charge in [-0.25, -0.2) is 0 Å². The minimum Gasteiger partial charge on any atom is -0.309 e. The SMILES string of the molecule is CC(C)(C)c1ccc2c(c1)c1cc(C(C)(C)C)ccc1n2-c1ccc(-c2cc3ncc4nnnn4c3cc2-c2ccc(-n3c4ccc(C(C)(C)C)cc4c4cc(C(C)(C)C)ccc43)cc2)cc1.